The van der Waals surface area contributed by atoms with E-state index in [0.717, 1.165) is 22.7 Å². The number of aromatic carboxylic acids is 1. The zero-order valence-corrected chi connectivity index (χ0v) is 14.2. The van der Waals surface area contributed by atoms with E-state index in [1.807, 2.05) is 29.3 Å². The highest BCUT2D eigenvalue weighted by Crippen LogP contribution is 2.36. The SMILES string of the molecule is N#Cc1ccc(N2N=C(c3ccc(C(=O)O)cc3)CC2c2ccco2)cc1. The lowest BCUT2D eigenvalue weighted by Crippen LogP contribution is -2.17. The number of rotatable bonds is 4. The number of nitrogens with zero attached hydrogens (tertiary/aromatic N) is 3. The van der Waals surface area contributed by atoms with Crippen LogP contribution in [-0.4, -0.2) is 16.8 Å². The molecule has 1 N–H and O–H groups in total. The summed E-state index contributed by atoms with van der Waals surface area (Å²) in [7, 11) is 0. The Hall–Kier alpha value is -3.85. The van der Waals surface area contributed by atoms with E-state index in [2.05, 4.69) is 6.07 Å². The third kappa shape index (κ3) is 3.18. The Balaban J connectivity index is 1.70. The molecule has 4 rings (SSSR count). The molecule has 1 unspecified atom stereocenters. The van der Waals surface area contributed by atoms with Crippen LogP contribution in [0, 0.1) is 11.3 Å². The third-order valence-corrected chi connectivity index (χ3v) is 4.51. The molecule has 0 fully saturated rings. The molecule has 0 aliphatic carbocycles. The number of hydrazone groups is 1. The second kappa shape index (κ2) is 6.81. The van der Waals surface area contributed by atoms with Crippen molar-refractivity contribution in [3.63, 3.8) is 0 Å². The molecular formula is C21H15N3O3. The monoisotopic (exact) mass is 357 g/mol. The van der Waals surface area contributed by atoms with Crippen LogP contribution in [0.4, 0.5) is 5.69 Å². The number of hydrogen-bond donors (Lipinski definition) is 1. The summed E-state index contributed by atoms with van der Waals surface area (Å²) in [6, 6.07) is 19.7. The maximum atomic E-state index is 11.1. The number of nitriles is 1. The van der Waals surface area contributed by atoms with Crippen LogP contribution in [0.1, 0.15) is 39.7 Å². The molecule has 2 aromatic carbocycles. The molecule has 1 aliphatic rings. The first-order valence-electron chi connectivity index (χ1n) is 8.40. The Morgan fingerprint density at radius 3 is 2.48 bits per heavy atom. The van der Waals surface area contributed by atoms with Gasteiger partial charge in [0.15, 0.2) is 0 Å². The Kier molecular flexibility index (Phi) is 4.19. The number of furan rings is 1. The molecule has 1 atom stereocenters. The highest BCUT2D eigenvalue weighted by atomic mass is 16.4. The minimum absolute atomic E-state index is 0.109. The second-order valence-electron chi connectivity index (χ2n) is 6.17. The first-order chi connectivity index (χ1) is 13.2. The highest BCUT2D eigenvalue weighted by molar-refractivity contribution is 6.03. The van der Waals surface area contributed by atoms with E-state index >= 15 is 0 Å². The lowest BCUT2D eigenvalue weighted by Gasteiger charge is -2.21. The lowest BCUT2D eigenvalue weighted by atomic mass is 10.0. The van der Waals surface area contributed by atoms with Gasteiger partial charge < -0.3 is 9.52 Å². The van der Waals surface area contributed by atoms with E-state index in [-0.39, 0.29) is 11.6 Å². The fourth-order valence-corrected chi connectivity index (χ4v) is 3.12. The van der Waals surface area contributed by atoms with Gasteiger partial charge in [-0.25, -0.2) is 4.79 Å². The Morgan fingerprint density at radius 1 is 1.15 bits per heavy atom. The van der Waals surface area contributed by atoms with Crippen LogP contribution in [0.25, 0.3) is 0 Å². The fraction of sp³-hybridized carbons (Fsp3) is 0.0952. The maximum absolute atomic E-state index is 11.1. The van der Waals surface area contributed by atoms with Gasteiger partial charge in [0.2, 0.25) is 0 Å². The number of hydrogen-bond acceptors (Lipinski definition) is 5. The first-order valence-corrected chi connectivity index (χ1v) is 8.40. The van der Waals surface area contributed by atoms with Crippen molar-refractivity contribution in [2.24, 2.45) is 5.10 Å². The molecule has 3 aromatic rings. The maximum Gasteiger partial charge on any atom is 0.335 e. The van der Waals surface area contributed by atoms with Crippen LogP contribution >= 0.6 is 0 Å². The van der Waals surface area contributed by atoms with Crippen LogP contribution in [0.3, 0.4) is 0 Å². The molecule has 1 aromatic heterocycles. The van der Waals surface area contributed by atoms with E-state index in [0.29, 0.717) is 12.0 Å². The van der Waals surface area contributed by atoms with Crippen LogP contribution in [0.2, 0.25) is 0 Å². The van der Waals surface area contributed by atoms with Crippen molar-refractivity contribution < 1.29 is 14.3 Å². The largest absolute Gasteiger partial charge is 0.478 e. The van der Waals surface area contributed by atoms with Crippen LogP contribution in [0.5, 0.6) is 0 Å². The predicted molar refractivity (Wildman–Crippen MR) is 99.6 cm³/mol. The van der Waals surface area contributed by atoms with Crippen LogP contribution < -0.4 is 5.01 Å². The van der Waals surface area contributed by atoms with Crippen molar-refractivity contribution in [2.45, 2.75) is 12.5 Å². The number of anilines is 1. The van der Waals surface area contributed by atoms with Crippen LogP contribution in [0.15, 0.2) is 76.4 Å². The standard InChI is InChI=1S/C21H15N3O3/c22-13-14-3-9-17(10-4-14)24-19(20-2-1-11-27-20)12-18(23-24)15-5-7-16(8-6-15)21(25)26/h1-11,19H,12H2,(H,25,26). The van der Waals surface area contributed by atoms with Crippen molar-refractivity contribution in [3.05, 3.63) is 89.4 Å². The summed E-state index contributed by atoms with van der Waals surface area (Å²) in [6.07, 6.45) is 2.26. The Bertz CT molecular complexity index is 1030. The molecule has 6 nitrogen and oxygen atoms in total. The van der Waals surface area contributed by atoms with E-state index in [1.54, 1.807) is 42.7 Å². The third-order valence-electron chi connectivity index (χ3n) is 4.51. The van der Waals surface area contributed by atoms with Crippen molar-refractivity contribution >= 4 is 17.4 Å². The zero-order valence-electron chi connectivity index (χ0n) is 14.2. The first kappa shape index (κ1) is 16.6. The van der Waals surface area contributed by atoms with Gasteiger partial charge in [-0.3, -0.25) is 5.01 Å². The van der Waals surface area contributed by atoms with Gasteiger partial charge in [0.25, 0.3) is 0 Å². The summed E-state index contributed by atoms with van der Waals surface area (Å²) in [6.45, 7) is 0. The van der Waals surface area contributed by atoms with Gasteiger partial charge in [-0.1, -0.05) is 12.1 Å². The van der Waals surface area contributed by atoms with E-state index in [1.165, 1.54) is 0 Å². The van der Waals surface area contributed by atoms with Gasteiger partial charge in [-0.05, 0) is 54.1 Å². The zero-order chi connectivity index (χ0) is 18.8. The van der Waals surface area contributed by atoms with Gasteiger partial charge in [-0.2, -0.15) is 10.4 Å². The summed E-state index contributed by atoms with van der Waals surface area (Å²) < 4.78 is 5.60. The molecule has 0 bridgehead atoms. The molecule has 1 aliphatic heterocycles. The van der Waals surface area contributed by atoms with E-state index in [9.17, 15) is 4.79 Å². The molecular weight excluding hydrogens is 342 g/mol. The molecule has 0 amide bonds. The minimum atomic E-state index is -0.956. The quantitative estimate of drug-likeness (QED) is 0.755. The fourth-order valence-electron chi connectivity index (χ4n) is 3.12. The van der Waals surface area contributed by atoms with Gasteiger partial charge in [0.05, 0.1) is 34.9 Å². The molecule has 6 heteroatoms. The van der Waals surface area contributed by atoms with E-state index in [4.69, 9.17) is 19.9 Å². The minimum Gasteiger partial charge on any atom is -0.478 e. The lowest BCUT2D eigenvalue weighted by molar-refractivity contribution is 0.0697. The van der Waals surface area contributed by atoms with Gasteiger partial charge in [-0.15, -0.1) is 0 Å². The van der Waals surface area contributed by atoms with Crippen molar-refractivity contribution in [2.75, 3.05) is 5.01 Å². The van der Waals surface area contributed by atoms with Crippen molar-refractivity contribution in [1.29, 1.82) is 5.26 Å². The predicted octanol–water partition coefficient (Wildman–Crippen LogP) is 4.21. The topological polar surface area (TPSA) is 89.8 Å². The number of carboxylic acid groups (broad SMARTS) is 1. The Labute approximate surface area is 155 Å². The second-order valence-corrected chi connectivity index (χ2v) is 6.17. The molecule has 0 saturated carbocycles. The highest BCUT2D eigenvalue weighted by Gasteiger charge is 2.31. The Morgan fingerprint density at radius 2 is 1.89 bits per heavy atom. The average molecular weight is 357 g/mol. The number of carboxylic acids is 1. The molecule has 2 heterocycles. The average Bonchev–Trinajstić information content (AvgIpc) is 3.38. The van der Waals surface area contributed by atoms with Gasteiger partial charge in [0, 0.05) is 6.42 Å². The summed E-state index contributed by atoms with van der Waals surface area (Å²) in [5.74, 6) is -0.164. The van der Waals surface area contributed by atoms with E-state index < -0.39 is 5.97 Å². The summed E-state index contributed by atoms with van der Waals surface area (Å²) >= 11 is 0. The molecule has 0 spiro atoms. The summed E-state index contributed by atoms with van der Waals surface area (Å²) in [5, 5.41) is 24.7. The number of benzene rings is 2. The number of carbonyl (C=O) groups is 1. The van der Waals surface area contributed by atoms with Crippen LogP contribution in [-0.2, 0) is 0 Å². The van der Waals surface area contributed by atoms with Crippen molar-refractivity contribution in [3.8, 4) is 6.07 Å². The van der Waals surface area contributed by atoms with Gasteiger partial charge >= 0.3 is 5.97 Å². The molecule has 0 saturated heterocycles. The van der Waals surface area contributed by atoms with Crippen molar-refractivity contribution in [1.82, 2.24) is 0 Å². The normalized spacial score (nSPS) is 16.0. The molecule has 132 valence electrons. The summed E-state index contributed by atoms with van der Waals surface area (Å²) in [5.41, 5.74) is 3.39. The smallest absolute Gasteiger partial charge is 0.335 e. The van der Waals surface area contributed by atoms with Gasteiger partial charge in [0.1, 0.15) is 11.8 Å². The molecule has 27 heavy (non-hydrogen) atoms. The summed E-state index contributed by atoms with van der Waals surface area (Å²) in [4.78, 5) is 11.1. The molecule has 0 radical (unpaired) electrons.